The minimum Gasteiger partial charge on any atom is -0.377 e. The number of rotatable bonds is 4. The molecule has 16 heavy (non-hydrogen) atoms. The van der Waals surface area contributed by atoms with E-state index in [0.717, 1.165) is 12.8 Å². The van der Waals surface area contributed by atoms with Gasteiger partial charge in [0.25, 0.3) is 0 Å². The molecular weight excluding hydrogens is 221 g/mol. The van der Waals surface area contributed by atoms with E-state index in [1.54, 1.807) is 7.05 Å². The van der Waals surface area contributed by atoms with E-state index in [1.807, 2.05) is 0 Å². The molecule has 0 aliphatic carbocycles. The fourth-order valence-electron chi connectivity index (χ4n) is 1.74. The first-order valence-corrected chi connectivity index (χ1v) is 5.20. The van der Waals surface area contributed by atoms with Crippen molar-refractivity contribution in [1.82, 2.24) is 4.90 Å². The molecule has 0 aromatic heterocycles. The Labute approximate surface area is 92.8 Å². The van der Waals surface area contributed by atoms with Crippen LogP contribution in [0.3, 0.4) is 0 Å². The zero-order valence-corrected chi connectivity index (χ0v) is 9.13. The molecule has 92 valence electrons. The van der Waals surface area contributed by atoms with Crippen molar-refractivity contribution in [2.45, 2.75) is 25.1 Å². The monoisotopic (exact) mass is 236 g/mol. The number of nitriles is 1. The van der Waals surface area contributed by atoms with Crippen LogP contribution < -0.4 is 0 Å². The van der Waals surface area contributed by atoms with Crippen molar-refractivity contribution in [2.24, 2.45) is 5.92 Å². The quantitative estimate of drug-likeness (QED) is 0.746. The van der Waals surface area contributed by atoms with Crippen LogP contribution in [0.2, 0.25) is 0 Å². The van der Waals surface area contributed by atoms with Gasteiger partial charge in [0.05, 0.1) is 12.2 Å². The van der Waals surface area contributed by atoms with E-state index in [-0.39, 0.29) is 12.6 Å². The summed E-state index contributed by atoms with van der Waals surface area (Å²) in [6, 6.07) is 1.29. The molecule has 6 heteroatoms. The molecule has 1 heterocycles. The predicted octanol–water partition coefficient (Wildman–Crippen LogP) is 1.80. The van der Waals surface area contributed by atoms with Gasteiger partial charge < -0.3 is 9.64 Å². The van der Waals surface area contributed by atoms with E-state index >= 15 is 0 Å². The van der Waals surface area contributed by atoms with Gasteiger partial charge >= 0.3 is 6.18 Å². The van der Waals surface area contributed by atoms with Crippen LogP contribution in [-0.2, 0) is 4.74 Å². The Bertz CT molecular complexity index is 256. The Morgan fingerprint density at radius 1 is 1.56 bits per heavy atom. The van der Waals surface area contributed by atoms with E-state index < -0.39 is 12.1 Å². The smallest absolute Gasteiger partial charge is 0.377 e. The molecule has 0 bridgehead atoms. The van der Waals surface area contributed by atoms with Crippen LogP contribution in [0.25, 0.3) is 0 Å². The molecule has 2 unspecified atom stereocenters. The summed E-state index contributed by atoms with van der Waals surface area (Å²) in [7, 11) is 1.58. The number of halogens is 3. The third-order valence-corrected chi connectivity index (χ3v) is 2.58. The molecule has 1 rings (SSSR count). The van der Waals surface area contributed by atoms with Crippen LogP contribution in [0.15, 0.2) is 0 Å². The Morgan fingerprint density at radius 3 is 2.69 bits per heavy atom. The highest BCUT2D eigenvalue weighted by molar-refractivity contribution is 4.90. The maximum absolute atomic E-state index is 12.3. The largest absolute Gasteiger partial charge is 0.405 e. The first-order valence-electron chi connectivity index (χ1n) is 5.20. The van der Waals surface area contributed by atoms with Gasteiger partial charge in [0, 0.05) is 19.7 Å². The average molecular weight is 236 g/mol. The fraction of sp³-hybridized carbons (Fsp3) is 0.900. The summed E-state index contributed by atoms with van der Waals surface area (Å²) >= 11 is 0. The Morgan fingerprint density at radius 2 is 2.25 bits per heavy atom. The van der Waals surface area contributed by atoms with Crippen molar-refractivity contribution >= 4 is 0 Å². The number of nitrogens with zero attached hydrogens (tertiary/aromatic N) is 2. The van der Waals surface area contributed by atoms with Crippen LogP contribution in [0, 0.1) is 17.2 Å². The van der Waals surface area contributed by atoms with Gasteiger partial charge in [-0.2, -0.15) is 18.4 Å². The summed E-state index contributed by atoms with van der Waals surface area (Å²) in [6.45, 7) is 0.841. The minimum absolute atomic E-state index is 0.0116. The Kier molecular flexibility index (Phi) is 4.56. The van der Waals surface area contributed by atoms with Gasteiger partial charge in [0.1, 0.15) is 0 Å². The number of hydrogen-bond acceptors (Lipinski definition) is 3. The van der Waals surface area contributed by atoms with Crippen LogP contribution in [0.4, 0.5) is 13.2 Å². The highest BCUT2D eigenvalue weighted by atomic mass is 19.4. The zero-order valence-electron chi connectivity index (χ0n) is 9.13. The SMILES string of the molecule is CN(CC1CCCO1)CC(C#N)C(F)(F)F. The third-order valence-electron chi connectivity index (χ3n) is 2.58. The lowest BCUT2D eigenvalue weighted by Gasteiger charge is -2.23. The van der Waals surface area contributed by atoms with Crippen molar-refractivity contribution < 1.29 is 17.9 Å². The zero-order chi connectivity index (χ0) is 12.2. The molecule has 1 fully saturated rings. The molecule has 1 aliphatic heterocycles. The lowest BCUT2D eigenvalue weighted by molar-refractivity contribution is -0.163. The number of ether oxygens (including phenoxy) is 1. The van der Waals surface area contributed by atoms with Crippen LogP contribution in [0.1, 0.15) is 12.8 Å². The lowest BCUT2D eigenvalue weighted by atomic mass is 10.1. The summed E-state index contributed by atoms with van der Waals surface area (Å²) in [5.41, 5.74) is 0. The van der Waals surface area contributed by atoms with Gasteiger partial charge in [0.2, 0.25) is 0 Å². The topological polar surface area (TPSA) is 36.3 Å². The van der Waals surface area contributed by atoms with Gasteiger partial charge in [-0.25, -0.2) is 0 Å². The summed E-state index contributed by atoms with van der Waals surface area (Å²) in [6.07, 6.45) is -2.59. The van der Waals surface area contributed by atoms with Gasteiger partial charge in [-0.05, 0) is 19.9 Å². The van der Waals surface area contributed by atoms with Crippen LogP contribution >= 0.6 is 0 Å². The van der Waals surface area contributed by atoms with Crippen molar-refractivity contribution in [2.75, 3.05) is 26.7 Å². The fourth-order valence-corrected chi connectivity index (χ4v) is 1.74. The van der Waals surface area contributed by atoms with Gasteiger partial charge in [-0.15, -0.1) is 0 Å². The summed E-state index contributed by atoms with van der Waals surface area (Å²) in [4.78, 5) is 1.51. The molecule has 0 amide bonds. The molecule has 3 nitrogen and oxygen atoms in total. The van der Waals surface area contributed by atoms with Gasteiger partial charge in [-0.3, -0.25) is 0 Å². The molecule has 0 spiro atoms. The summed E-state index contributed by atoms with van der Waals surface area (Å²) in [5.74, 6) is -1.92. The first kappa shape index (κ1) is 13.3. The molecule has 0 aromatic rings. The first-order chi connectivity index (χ1) is 7.43. The summed E-state index contributed by atoms with van der Waals surface area (Å²) < 4.78 is 42.3. The molecule has 1 aliphatic rings. The molecule has 0 radical (unpaired) electrons. The second-order valence-electron chi connectivity index (χ2n) is 4.08. The average Bonchev–Trinajstić information content (AvgIpc) is 2.64. The van der Waals surface area contributed by atoms with E-state index in [4.69, 9.17) is 10.00 Å². The Balaban J connectivity index is 2.37. The highest BCUT2D eigenvalue weighted by Crippen LogP contribution is 2.26. The molecule has 2 atom stereocenters. The molecule has 0 aromatic carbocycles. The van der Waals surface area contributed by atoms with E-state index in [1.165, 1.54) is 11.0 Å². The van der Waals surface area contributed by atoms with E-state index in [2.05, 4.69) is 0 Å². The highest BCUT2D eigenvalue weighted by Gasteiger charge is 2.40. The standard InChI is InChI=1S/C10H15F3N2O/c1-15(7-9-3-2-4-16-9)6-8(5-14)10(11,12)13/h8-9H,2-4,6-7H2,1H3. The van der Waals surface area contributed by atoms with Crippen LogP contribution in [-0.4, -0.2) is 43.9 Å². The number of alkyl halides is 3. The van der Waals surface area contributed by atoms with Crippen LogP contribution in [0.5, 0.6) is 0 Å². The van der Waals surface area contributed by atoms with E-state index in [9.17, 15) is 13.2 Å². The van der Waals surface area contributed by atoms with Crippen molar-refractivity contribution in [3.63, 3.8) is 0 Å². The molecule has 0 N–H and O–H groups in total. The van der Waals surface area contributed by atoms with Crippen molar-refractivity contribution in [1.29, 1.82) is 5.26 Å². The summed E-state index contributed by atoms with van der Waals surface area (Å²) in [5, 5.41) is 8.44. The van der Waals surface area contributed by atoms with Crippen molar-refractivity contribution in [3.8, 4) is 6.07 Å². The lowest BCUT2D eigenvalue weighted by Crippen LogP contribution is -2.37. The normalized spacial score (nSPS) is 23.4. The molecular formula is C10H15F3N2O. The minimum atomic E-state index is -4.44. The van der Waals surface area contributed by atoms with Gasteiger partial charge in [-0.1, -0.05) is 0 Å². The molecule has 0 saturated carbocycles. The van der Waals surface area contributed by atoms with Crippen molar-refractivity contribution in [3.05, 3.63) is 0 Å². The maximum atomic E-state index is 12.3. The Hall–Kier alpha value is -0.800. The maximum Gasteiger partial charge on any atom is 0.405 e. The third kappa shape index (κ3) is 3.99. The van der Waals surface area contributed by atoms with E-state index in [0.29, 0.717) is 13.2 Å². The second kappa shape index (κ2) is 5.51. The second-order valence-corrected chi connectivity index (χ2v) is 4.08. The molecule has 1 saturated heterocycles. The van der Waals surface area contributed by atoms with Gasteiger partial charge in [0.15, 0.2) is 5.92 Å². The predicted molar refractivity (Wildman–Crippen MR) is 51.6 cm³/mol. The number of likely N-dealkylation sites (N-methyl/N-ethyl adjacent to an activating group) is 1. The number of hydrogen-bond donors (Lipinski definition) is 0.